The third kappa shape index (κ3) is 3.98. The Balaban J connectivity index is 1.39. The van der Waals surface area contributed by atoms with Gasteiger partial charge in [-0.3, -0.25) is 0 Å². The first-order chi connectivity index (χ1) is 17.2. The van der Waals surface area contributed by atoms with E-state index < -0.39 is 0 Å². The maximum Gasteiger partial charge on any atom is 0.0465 e. The van der Waals surface area contributed by atoms with E-state index in [9.17, 15) is 0 Å². The summed E-state index contributed by atoms with van der Waals surface area (Å²) in [5, 5.41) is 2.53. The molecule has 0 aliphatic rings. The van der Waals surface area contributed by atoms with Crippen molar-refractivity contribution >= 4 is 38.9 Å². The highest BCUT2D eigenvalue weighted by molar-refractivity contribution is 6.08. The molecule has 1 N–H and O–H groups in total. The van der Waals surface area contributed by atoms with Crippen LogP contribution in [0.15, 0.2) is 121 Å². The van der Waals surface area contributed by atoms with Crippen LogP contribution in [0.5, 0.6) is 0 Å². The van der Waals surface area contributed by atoms with E-state index in [0.29, 0.717) is 5.92 Å². The highest BCUT2D eigenvalue weighted by Crippen LogP contribution is 2.37. The summed E-state index contributed by atoms with van der Waals surface area (Å²) in [5.74, 6) is 0.517. The van der Waals surface area contributed by atoms with Gasteiger partial charge in [0.05, 0.1) is 0 Å². The molecule has 0 atom stereocenters. The number of para-hydroxylation sites is 2. The number of H-pyrrole nitrogens is 1. The van der Waals surface area contributed by atoms with Crippen molar-refractivity contribution in [1.29, 1.82) is 0 Å². The van der Waals surface area contributed by atoms with Gasteiger partial charge in [-0.2, -0.15) is 0 Å². The average molecular weight is 453 g/mol. The van der Waals surface area contributed by atoms with Crippen LogP contribution < -0.4 is 4.90 Å². The Hall–Kier alpha value is -4.30. The summed E-state index contributed by atoms with van der Waals surface area (Å²) >= 11 is 0. The maximum absolute atomic E-state index is 3.52. The Labute approximate surface area is 206 Å². The second-order valence-electron chi connectivity index (χ2n) is 9.40. The van der Waals surface area contributed by atoms with E-state index in [4.69, 9.17) is 0 Å². The Morgan fingerprint density at radius 2 is 1.09 bits per heavy atom. The largest absolute Gasteiger partial charge is 0.355 e. The third-order valence-electron chi connectivity index (χ3n) is 6.80. The second-order valence-corrected chi connectivity index (χ2v) is 9.40. The van der Waals surface area contributed by atoms with Crippen molar-refractivity contribution in [2.45, 2.75) is 19.8 Å². The van der Waals surface area contributed by atoms with E-state index in [1.54, 1.807) is 0 Å². The topological polar surface area (TPSA) is 19.0 Å². The van der Waals surface area contributed by atoms with Gasteiger partial charge in [0, 0.05) is 38.9 Å². The lowest BCUT2D eigenvalue weighted by molar-refractivity contribution is 0.866. The molecule has 0 fully saturated rings. The van der Waals surface area contributed by atoms with Crippen molar-refractivity contribution < 1.29 is 0 Å². The predicted molar refractivity (Wildman–Crippen MR) is 150 cm³/mol. The van der Waals surface area contributed by atoms with Crippen molar-refractivity contribution in [3.8, 4) is 11.1 Å². The Bertz CT molecular complexity index is 1590. The van der Waals surface area contributed by atoms with Crippen LogP contribution in [0, 0.1) is 0 Å². The fourth-order valence-corrected chi connectivity index (χ4v) is 4.86. The van der Waals surface area contributed by atoms with Crippen LogP contribution in [0.3, 0.4) is 0 Å². The van der Waals surface area contributed by atoms with Gasteiger partial charge in [-0.05, 0) is 77.2 Å². The van der Waals surface area contributed by atoms with Gasteiger partial charge in [0.1, 0.15) is 0 Å². The summed E-state index contributed by atoms with van der Waals surface area (Å²) < 4.78 is 0. The summed E-state index contributed by atoms with van der Waals surface area (Å²) in [6, 6.07) is 43.6. The monoisotopic (exact) mass is 452 g/mol. The van der Waals surface area contributed by atoms with Gasteiger partial charge >= 0.3 is 0 Å². The van der Waals surface area contributed by atoms with E-state index in [1.807, 2.05) is 0 Å². The zero-order chi connectivity index (χ0) is 23.8. The molecule has 6 rings (SSSR count). The molecule has 35 heavy (non-hydrogen) atoms. The fraction of sp³-hybridized carbons (Fsp3) is 0.0909. The Morgan fingerprint density at radius 1 is 0.514 bits per heavy atom. The fourth-order valence-electron chi connectivity index (χ4n) is 4.86. The van der Waals surface area contributed by atoms with Crippen molar-refractivity contribution in [2.75, 3.05) is 4.90 Å². The standard InChI is InChI=1S/C33H28N2/c1-23(2)24-12-17-28(18-13-24)35(27-8-4-3-5-9-27)29-19-14-25(15-20-29)26-16-21-33-31(22-26)30-10-6-7-11-32(30)34-33/h3-23,34H,1-2H3. The number of anilines is 3. The summed E-state index contributed by atoms with van der Waals surface area (Å²) in [6.07, 6.45) is 0. The number of nitrogens with one attached hydrogen (secondary N) is 1. The van der Waals surface area contributed by atoms with E-state index in [2.05, 4.69) is 145 Å². The van der Waals surface area contributed by atoms with Gasteiger partial charge in [0.15, 0.2) is 0 Å². The molecule has 0 spiro atoms. The number of aromatic nitrogens is 1. The molecule has 170 valence electrons. The summed E-state index contributed by atoms with van der Waals surface area (Å²) in [7, 11) is 0. The van der Waals surface area contributed by atoms with Gasteiger partial charge in [-0.25, -0.2) is 0 Å². The van der Waals surface area contributed by atoms with E-state index in [0.717, 1.165) is 17.1 Å². The highest BCUT2D eigenvalue weighted by atomic mass is 15.1. The zero-order valence-electron chi connectivity index (χ0n) is 20.1. The summed E-state index contributed by atoms with van der Waals surface area (Å²) in [5.41, 5.74) is 9.59. The van der Waals surface area contributed by atoms with Crippen LogP contribution in [-0.4, -0.2) is 4.98 Å². The molecular formula is C33H28N2. The average Bonchev–Trinajstić information content (AvgIpc) is 3.28. The molecule has 0 aliphatic carbocycles. The van der Waals surface area contributed by atoms with Crippen molar-refractivity contribution in [3.63, 3.8) is 0 Å². The minimum absolute atomic E-state index is 0.517. The third-order valence-corrected chi connectivity index (χ3v) is 6.80. The highest BCUT2D eigenvalue weighted by Gasteiger charge is 2.13. The minimum atomic E-state index is 0.517. The molecule has 2 heteroatoms. The lowest BCUT2D eigenvalue weighted by Gasteiger charge is -2.26. The SMILES string of the molecule is CC(C)c1ccc(N(c2ccccc2)c2ccc(-c3ccc4[nH]c5ccccc5c4c3)cc2)cc1. The number of benzene rings is 5. The summed E-state index contributed by atoms with van der Waals surface area (Å²) in [6.45, 7) is 4.46. The lowest BCUT2D eigenvalue weighted by Crippen LogP contribution is -2.09. The molecule has 1 heterocycles. The first-order valence-electron chi connectivity index (χ1n) is 12.2. The molecule has 0 aliphatic heterocycles. The Morgan fingerprint density at radius 3 is 1.80 bits per heavy atom. The van der Waals surface area contributed by atoms with Crippen LogP contribution in [0.4, 0.5) is 17.1 Å². The molecule has 0 unspecified atom stereocenters. The van der Waals surface area contributed by atoms with Crippen LogP contribution in [-0.2, 0) is 0 Å². The van der Waals surface area contributed by atoms with E-state index >= 15 is 0 Å². The van der Waals surface area contributed by atoms with Crippen molar-refractivity contribution in [2.24, 2.45) is 0 Å². The van der Waals surface area contributed by atoms with Gasteiger partial charge in [0.2, 0.25) is 0 Å². The van der Waals surface area contributed by atoms with Gasteiger partial charge in [-0.1, -0.05) is 80.6 Å². The minimum Gasteiger partial charge on any atom is -0.355 e. The molecule has 5 aromatic carbocycles. The molecule has 6 aromatic rings. The molecule has 0 radical (unpaired) electrons. The molecule has 2 nitrogen and oxygen atoms in total. The van der Waals surface area contributed by atoms with Gasteiger partial charge in [-0.15, -0.1) is 0 Å². The van der Waals surface area contributed by atoms with Crippen molar-refractivity contribution in [3.05, 3.63) is 127 Å². The normalized spacial score (nSPS) is 11.4. The van der Waals surface area contributed by atoms with Crippen LogP contribution in [0.1, 0.15) is 25.3 Å². The van der Waals surface area contributed by atoms with E-state index in [1.165, 1.54) is 38.5 Å². The van der Waals surface area contributed by atoms with Gasteiger partial charge in [0.25, 0.3) is 0 Å². The van der Waals surface area contributed by atoms with Crippen LogP contribution in [0.2, 0.25) is 0 Å². The number of fused-ring (bicyclic) bond motifs is 3. The summed E-state index contributed by atoms with van der Waals surface area (Å²) in [4.78, 5) is 5.84. The lowest BCUT2D eigenvalue weighted by atomic mass is 10.0. The molecule has 1 aromatic heterocycles. The first kappa shape index (κ1) is 21.2. The quantitative estimate of drug-likeness (QED) is 0.276. The first-order valence-corrected chi connectivity index (χ1v) is 12.2. The van der Waals surface area contributed by atoms with E-state index in [-0.39, 0.29) is 0 Å². The smallest absolute Gasteiger partial charge is 0.0465 e. The number of nitrogens with zero attached hydrogens (tertiary/aromatic N) is 1. The zero-order valence-corrected chi connectivity index (χ0v) is 20.1. The molecule has 0 amide bonds. The number of aromatic amines is 1. The van der Waals surface area contributed by atoms with Crippen LogP contribution in [0.25, 0.3) is 32.9 Å². The molecule has 0 bridgehead atoms. The molecule has 0 saturated heterocycles. The Kier molecular flexibility index (Phi) is 5.35. The molecular weight excluding hydrogens is 424 g/mol. The second kappa shape index (κ2) is 8.81. The van der Waals surface area contributed by atoms with Crippen molar-refractivity contribution in [1.82, 2.24) is 4.98 Å². The van der Waals surface area contributed by atoms with Gasteiger partial charge < -0.3 is 9.88 Å². The number of rotatable bonds is 5. The maximum atomic E-state index is 3.52. The van der Waals surface area contributed by atoms with Crippen LogP contribution >= 0.6 is 0 Å². The molecule has 0 saturated carbocycles. The predicted octanol–water partition coefficient (Wildman–Crippen LogP) is 9.58. The number of hydrogen-bond donors (Lipinski definition) is 1. The number of hydrogen-bond acceptors (Lipinski definition) is 1.